The van der Waals surface area contributed by atoms with E-state index in [4.69, 9.17) is 14.3 Å². The molecule has 152 valence electrons. The number of ether oxygens (including phenoxy) is 2. The maximum atomic E-state index is 6.49. The molecular weight excluding hydrogens is 338 g/mol. The van der Waals surface area contributed by atoms with Gasteiger partial charge in [0.15, 0.2) is 5.79 Å². The third-order valence-corrected chi connectivity index (χ3v) is 6.20. The van der Waals surface area contributed by atoms with E-state index in [1.165, 1.54) is 5.56 Å². The highest BCUT2D eigenvalue weighted by Crippen LogP contribution is 2.52. The number of hydroxylamine groups is 2. The molecule has 0 aliphatic carbocycles. The molecule has 1 aromatic rings. The summed E-state index contributed by atoms with van der Waals surface area (Å²) in [5.74, 6) is -0.502. The van der Waals surface area contributed by atoms with E-state index in [1.54, 1.807) is 0 Å². The normalized spacial score (nSPS) is 29.3. The van der Waals surface area contributed by atoms with E-state index in [-0.39, 0.29) is 16.7 Å². The van der Waals surface area contributed by atoms with Crippen molar-refractivity contribution < 1.29 is 14.3 Å². The molecule has 4 nitrogen and oxygen atoms in total. The van der Waals surface area contributed by atoms with Crippen LogP contribution in [0.4, 0.5) is 0 Å². The number of benzene rings is 1. The Hall–Kier alpha value is -0.940. The van der Waals surface area contributed by atoms with Gasteiger partial charge in [-0.1, -0.05) is 44.2 Å². The van der Waals surface area contributed by atoms with Crippen molar-refractivity contribution in [1.82, 2.24) is 5.06 Å². The molecule has 2 aliphatic heterocycles. The van der Waals surface area contributed by atoms with Crippen LogP contribution >= 0.6 is 0 Å². The standard InChI is InChI=1S/C23H37NO3/c1-7-22(8-2)17-23(25-18-21(5,6)27-23)16-20(3,4)24(22)26-15-14-19-12-10-9-11-13-19/h9-13H,7-8,14-18H2,1-6H3. The van der Waals surface area contributed by atoms with Gasteiger partial charge in [-0.15, -0.1) is 0 Å². The Bertz CT molecular complexity index is 624. The minimum atomic E-state index is -0.502. The number of rotatable bonds is 6. The van der Waals surface area contributed by atoms with E-state index in [1.807, 2.05) is 0 Å². The van der Waals surface area contributed by atoms with Crippen LogP contribution in [-0.2, 0) is 20.7 Å². The maximum absolute atomic E-state index is 6.49. The van der Waals surface area contributed by atoms with Gasteiger partial charge >= 0.3 is 0 Å². The Balaban J connectivity index is 1.78. The lowest BCUT2D eigenvalue weighted by Gasteiger charge is -2.58. The number of hydrogen-bond donors (Lipinski definition) is 0. The average molecular weight is 376 g/mol. The molecule has 0 saturated carbocycles. The molecule has 0 N–H and O–H groups in total. The number of hydrogen-bond acceptors (Lipinski definition) is 4. The van der Waals surface area contributed by atoms with Crippen molar-refractivity contribution in [2.45, 2.75) is 96.1 Å². The van der Waals surface area contributed by atoms with Crippen molar-refractivity contribution >= 4 is 0 Å². The molecule has 2 saturated heterocycles. The van der Waals surface area contributed by atoms with E-state index in [2.05, 4.69) is 76.9 Å². The van der Waals surface area contributed by atoms with Crippen LogP contribution in [0.5, 0.6) is 0 Å². The predicted molar refractivity (Wildman–Crippen MR) is 108 cm³/mol. The lowest BCUT2D eigenvalue weighted by atomic mass is 9.73. The fourth-order valence-electron chi connectivity index (χ4n) is 5.05. The molecule has 1 atom stereocenters. The number of piperidine rings is 1. The summed E-state index contributed by atoms with van der Waals surface area (Å²) in [4.78, 5) is 6.48. The highest BCUT2D eigenvalue weighted by atomic mass is 16.8. The van der Waals surface area contributed by atoms with Crippen molar-refractivity contribution in [3.05, 3.63) is 35.9 Å². The summed E-state index contributed by atoms with van der Waals surface area (Å²) in [7, 11) is 0. The minimum absolute atomic E-state index is 0.0845. The molecule has 1 spiro atoms. The van der Waals surface area contributed by atoms with E-state index < -0.39 is 5.79 Å². The lowest BCUT2D eigenvalue weighted by molar-refractivity contribution is -0.348. The molecule has 3 rings (SSSR count). The predicted octanol–water partition coefficient (Wildman–Crippen LogP) is 5.12. The third kappa shape index (κ3) is 4.24. The van der Waals surface area contributed by atoms with Gasteiger partial charge < -0.3 is 9.47 Å². The zero-order valence-corrected chi connectivity index (χ0v) is 18.0. The molecular formula is C23H37NO3. The van der Waals surface area contributed by atoms with Gasteiger partial charge in [-0.3, -0.25) is 4.84 Å². The second-order valence-corrected chi connectivity index (χ2v) is 9.52. The van der Waals surface area contributed by atoms with Crippen LogP contribution in [0, 0.1) is 0 Å². The molecule has 2 fully saturated rings. The van der Waals surface area contributed by atoms with Crippen molar-refractivity contribution in [3.63, 3.8) is 0 Å². The summed E-state index contributed by atoms with van der Waals surface area (Å²) in [6.07, 6.45) is 4.60. The van der Waals surface area contributed by atoms with Gasteiger partial charge in [0.25, 0.3) is 0 Å². The van der Waals surface area contributed by atoms with Gasteiger partial charge in [-0.25, -0.2) is 0 Å². The smallest absolute Gasteiger partial charge is 0.172 e. The zero-order valence-electron chi connectivity index (χ0n) is 18.0. The third-order valence-electron chi connectivity index (χ3n) is 6.20. The van der Waals surface area contributed by atoms with Gasteiger partial charge in [-0.05, 0) is 52.5 Å². The Morgan fingerprint density at radius 2 is 1.67 bits per heavy atom. The average Bonchev–Trinajstić information content (AvgIpc) is 2.90. The van der Waals surface area contributed by atoms with E-state index >= 15 is 0 Å². The molecule has 1 unspecified atom stereocenters. The molecule has 0 radical (unpaired) electrons. The fraction of sp³-hybridized carbons (Fsp3) is 0.739. The topological polar surface area (TPSA) is 30.9 Å². The molecule has 0 aromatic heterocycles. The molecule has 1 aromatic carbocycles. The second-order valence-electron chi connectivity index (χ2n) is 9.52. The van der Waals surface area contributed by atoms with E-state index in [0.717, 1.165) is 32.1 Å². The first-order valence-corrected chi connectivity index (χ1v) is 10.5. The molecule has 4 heteroatoms. The highest BCUT2D eigenvalue weighted by molar-refractivity contribution is 5.14. The first-order chi connectivity index (χ1) is 12.7. The van der Waals surface area contributed by atoms with E-state index in [0.29, 0.717) is 13.2 Å². The van der Waals surface area contributed by atoms with Crippen LogP contribution in [0.25, 0.3) is 0 Å². The fourth-order valence-corrected chi connectivity index (χ4v) is 5.05. The Labute approximate surface area is 165 Å². The van der Waals surface area contributed by atoms with Gasteiger partial charge in [0.1, 0.15) is 0 Å². The Morgan fingerprint density at radius 1 is 1.00 bits per heavy atom. The van der Waals surface area contributed by atoms with Crippen molar-refractivity contribution in [1.29, 1.82) is 0 Å². The van der Waals surface area contributed by atoms with Crippen LogP contribution in [0.3, 0.4) is 0 Å². The summed E-state index contributed by atoms with van der Waals surface area (Å²) >= 11 is 0. The van der Waals surface area contributed by atoms with Crippen molar-refractivity contribution in [2.75, 3.05) is 13.2 Å². The van der Waals surface area contributed by atoms with Gasteiger partial charge in [0.05, 0.1) is 24.4 Å². The van der Waals surface area contributed by atoms with Crippen molar-refractivity contribution in [3.8, 4) is 0 Å². The Kier molecular flexibility index (Phi) is 5.75. The molecule has 27 heavy (non-hydrogen) atoms. The summed E-state index contributed by atoms with van der Waals surface area (Å²) in [6.45, 7) is 14.6. The molecule has 2 aliphatic rings. The van der Waals surface area contributed by atoms with Crippen LogP contribution in [-0.4, -0.2) is 40.7 Å². The van der Waals surface area contributed by atoms with Crippen LogP contribution in [0.2, 0.25) is 0 Å². The van der Waals surface area contributed by atoms with Gasteiger partial charge in [0, 0.05) is 18.4 Å². The highest BCUT2D eigenvalue weighted by Gasteiger charge is 2.60. The zero-order chi connectivity index (χ0) is 19.8. The summed E-state index contributed by atoms with van der Waals surface area (Å²) in [5.41, 5.74) is 0.839. The summed E-state index contributed by atoms with van der Waals surface area (Å²) in [5, 5.41) is 2.28. The monoisotopic (exact) mass is 375 g/mol. The number of nitrogens with zero attached hydrogens (tertiary/aromatic N) is 1. The first-order valence-electron chi connectivity index (χ1n) is 10.5. The van der Waals surface area contributed by atoms with Gasteiger partial charge in [-0.2, -0.15) is 5.06 Å². The molecule has 0 bridgehead atoms. The lowest BCUT2D eigenvalue weighted by Crippen LogP contribution is -2.67. The van der Waals surface area contributed by atoms with Crippen molar-refractivity contribution in [2.24, 2.45) is 0 Å². The molecule has 2 heterocycles. The summed E-state index contributed by atoms with van der Waals surface area (Å²) < 4.78 is 12.8. The second kappa shape index (κ2) is 7.47. The van der Waals surface area contributed by atoms with Crippen LogP contribution < -0.4 is 0 Å². The van der Waals surface area contributed by atoms with E-state index in [9.17, 15) is 0 Å². The Morgan fingerprint density at radius 3 is 2.22 bits per heavy atom. The largest absolute Gasteiger partial charge is 0.347 e. The SMILES string of the molecule is CCC1(CC)CC2(CC(C)(C)N1OCCc1ccccc1)OCC(C)(C)O2. The first kappa shape index (κ1) is 20.8. The maximum Gasteiger partial charge on any atom is 0.172 e. The molecule has 0 amide bonds. The summed E-state index contributed by atoms with van der Waals surface area (Å²) in [6, 6.07) is 10.6. The van der Waals surface area contributed by atoms with Crippen LogP contribution in [0.1, 0.15) is 72.8 Å². The quantitative estimate of drug-likeness (QED) is 0.691. The van der Waals surface area contributed by atoms with Gasteiger partial charge in [0.2, 0.25) is 0 Å². The minimum Gasteiger partial charge on any atom is -0.347 e. The van der Waals surface area contributed by atoms with Crippen LogP contribution in [0.15, 0.2) is 30.3 Å².